The van der Waals surface area contributed by atoms with Crippen LogP contribution in [-0.4, -0.2) is 25.9 Å². The van der Waals surface area contributed by atoms with E-state index in [-0.39, 0.29) is 17.9 Å². The van der Waals surface area contributed by atoms with E-state index in [1.165, 1.54) is 28.3 Å². The molecule has 154 valence electrons. The topological polar surface area (TPSA) is 43.6 Å². The number of alkyl halides is 3. The summed E-state index contributed by atoms with van der Waals surface area (Å²) in [6.07, 6.45) is -4.32. The lowest BCUT2D eigenvalue weighted by atomic mass is 10.2. The number of hydrogen-bond acceptors (Lipinski definition) is 4. The van der Waals surface area contributed by atoms with Gasteiger partial charge in [-0.2, -0.15) is 18.3 Å². The molecular formula is C20H13F5N4S. The number of aromatic nitrogens is 4. The molecule has 4 aromatic rings. The van der Waals surface area contributed by atoms with Crippen LogP contribution < -0.4 is 0 Å². The van der Waals surface area contributed by atoms with E-state index in [9.17, 15) is 22.0 Å². The van der Waals surface area contributed by atoms with E-state index >= 15 is 0 Å². The van der Waals surface area contributed by atoms with Crippen LogP contribution in [0.3, 0.4) is 0 Å². The van der Waals surface area contributed by atoms with Gasteiger partial charge in [0.15, 0.2) is 11.6 Å². The van der Waals surface area contributed by atoms with E-state index in [0.29, 0.717) is 16.0 Å². The van der Waals surface area contributed by atoms with Crippen LogP contribution in [0.4, 0.5) is 22.0 Å². The van der Waals surface area contributed by atoms with Crippen LogP contribution in [0, 0.1) is 11.6 Å². The van der Waals surface area contributed by atoms with Crippen LogP contribution in [0.25, 0.3) is 21.3 Å². The lowest BCUT2D eigenvalue weighted by Gasteiger charge is -2.06. The first-order chi connectivity index (χ1) is 14.3. The molecule has 0 bridgehead atoms. The largest absolute Gasteiger partial charge is 0.396 e. The van der Waals surface area contributed by atoms with Crippen LogP contribution >= 0.6 is 11.3 Å². The quantitative estimate of drug-likeness (QED) is 0.388. The number of benzene rings is 2. The maximum Gasteiger partial charge on any atom is 0.396 e. The second-order valence-corrected chi connectivity index (χ2v) is 7.46. The first kappa shape index (κ1) is 20.1. The van der Waals surface area contributed by atoms with E-state index in [1.807, 2.05) is 30.3 Å². The monoisotopic (exact) mass is 436 g/mol. The Kier molecular flexibility index (Phi) is 5.33. The highest BCUT2D eigenvalue weighted by Crippen LogP contribution is 2.32. The van der Waals surface area contributed by atoms with Crippen molar-refractivity contribution in [1.82, 2.24) is 19.7 Å². The third kappa shape index (κ3) is 4.54. The van der Waals surface area contributed by atoms with Crippen molar-refractivity contribution in [3.8, 4) is 21.3 Å². The maximum absolute atomic E-state index is 14.1. The summed E-state index contributed by atoms with van der Waals surface area (Å²) in [5.74, 6) is -1.86. The Bertz CT molecular complexity index is 1170. The Balaban J connectivity index is 1.73. The summed E-state index contributed by atoms with van der Waals surface area (Å²) in [5, 5.41) is 4.57. The molecule has 0 unspecified atom stereocenters. The van der Waals surface area contributed by atoms with Crippen molar-refractivity contribution >= 4 is 11.3 Å². The van der Waals surface area contributed by atoms with Crippen LogP contribution in [-0.2, 0) is 13.0 Å². The second kappa shape index (κ2) is 7.94. The number of halogens is 5. The molecule has 0 amide bonds. The molecule has 0 saturated carbocycles. The Morgan fingerprint density at radius 1 is 1.00 bits per heavy atom. The van der Waals surface area contributed by atoms with Crippen LogP contribution in [0.15, 0.2) is 54.7 Å². The fourth-order valence-corrected chi connectivity index (χ4v) is 3.75. The van der Waals surface area contributed by atoms with Gasteiger partial charge in [-0.1, -0.05) is 36.4 Å². The van der Waals surface area contributed by atoms with Crippen molar-refractivity contribution in [1.29, 1.82) is 0 Å². The number of hydrogen-bond donors (Lipinski definition) is 0. The molecule has 0 fully saturated rings. The average molecular weight is 436 g/mol. The van der Waals surface area contributed by atoms with Crippen LogP contribution in [0.5, 0.6) is 0 Å². The summed E-state index contributed by atoms with van der Waals surface area (Å²) < 4.78 is 67.0. The van der Waals surface area contributed by atoms with E-state index in [2.05, 4.69) is 15.1 Å². The molecule has 10 heteroatoms. The maximum atomic E-state index is 14.1. The zero-order valence-electron chi connectivity index (χ0n) is 15.2. The van der Waals surface area contributed by atoms with Gasteiger partial charge in [-0.25, -0.2) is 23.4 Å². The minimum absolute atomic E-state index is 0.0777. The third-order valence-electron chi connectivity index (χ3n) is 4.16. The summed E-state index contributed by atoms with van der Waals surface area (Å²) in [6.45, 7) is -0.203. The van der Waals surface area contributed by atoms with E-state index in [0.717, 1.165) is 11.6 Å². The van der Waals surface area contributed by atoms with Gasteiger partial charge in [0.2, 0.25) is 0 Å². The molecule has 4 nitrogen and oxygen atoms in total. The van der Waals surface area contributed by atoms with Gasteiger partial charge in [-0.15, -0.1) is 11.3 Å². The first-order valence-corrected chi connectivity index (χ1v) is 9.56. The summed E-state index contributed by atoms with van der Waals surface area (Å²) >= 11 is 1.23. The Labute approximate surface area is 171 Å². The standard InChI is InChI=1S/C20H13F5N4S/c21-14-7-6-13(15(22)8-14)11-29-18(27-17(28-29)9-20(23,24)25)16-10-26-19(30-16)12-4-2-1-3-5-12/h1-8,10H,9,11H2. The van der Waals surface area contributed by atoms with Crippen molar-refractivity contribution in [2.45, 2.75) is 19.1 Å². The predicted molar refractivity (Wildman–Crippen MR) is 102 cm³/mol. The second-order valence-electron chi connectivity index (χ2n) is 6.43. The minimum atomic E-state index is -4.49. The van der Waals surface area contributed by atoms with Crippen molar-refractivity contribution in [2.75, 3.05) is 0 Å². The molecule has 0 aliphatic carbocycles. The van der Waals surface area contributed by atoms with Gasteiger partial charge in [0.1, 0.15) is 23.1 Å². The van der Waals surface area contributed by atoms with Gasteiger partial charge in [-0.3, -0.25) is 0 Å². The number of thiazole rings is 1. The lowest BCUT2D eigenvalue weighted by Crippen LogP contribution is -2.13. The molecular weight excluding hydrogens is 423 g/mol. The molecule has 4 rings (SSSR count). The van der Waals surface area contributed by atoms with Crippen molar-refractivity contribution in [3.63, 3.8) is 0 Å². The highest BCUT2D eigenvalue weighted by atomic mass is 32.1. The Morgan fingerprint density at radius 2 is 1.77 bits per heavy atom. The van der Waals surface area contributed by atoms with E-state index in [1.54, 1.807) is 0 Å². The SMILES string of the molecule is Fc1ccc(Cn2nc(CC(F)(F)F)nc2-c2cnc(-c3ccccc3)s2)c(F)c1. The summed E-state index contributed by atoms with van der Waals surface area (Å²) in [6, 6.07) is 12.3. The highest BCUT2D eigenvalue weighted by Gasteiger charge is 2.31. The lowest BCUT2D eigenvalue weighted by molar-refractivity contribution is -0.128. The van der Waals surface area contributed by atoms with Crippen molar-refractivity contribution < 1.29 is 22.0 Å². The van der Waals surface area contributed by atoms with Crippen molar-refractivity contribution in [2.24, 2.45) is 0 Å². The molecule has 30 heavy (non-hydrogen) atoms. The van der Waals surface area contributed by atoms with Gasteiger partial charge in [0.05, 0.1) is 11.4 Å². The Hall–Kier alpha value is -3.14. The van der Waals surface area contributed by atoms with Crippen LogP contribution in [0.1, 0.15) is 11.4 Å². The zero-order valence-corrected chi connectivity index (χ0v) is 16.0. The first-order valence-electron chi connectivity index (χ1n) is 8.74. The molecule has 0 saturated heterocycles. The zero-order chi connectivity index (χ0) is 21.3. The van der Waals surface area contributed by atoms with Crippen LogP contribution in [0.2, 0.25) is 0 Å². The fraction of sp³-hybridized carbons (Fsp3) is 0.150. The van der Waals surface area contributed by atoms with E-state index in [4.69, 9.17) is 0 Å². The van der Waals surface area contributed by atoms with Gasteiger partial charge in [0, 0.05) is 23.4 Å². The van der Waals surface area contributed by atoms with Crippen molar-refractivity contribution in [3.05, 3.63) is 77.8 Å². The van der Waals surface area contributed by atoms with Gasteiger partial charge >= 0.3 is 6.18 Å². The van der Waals surface area contributed by atoms with E-state index < -0.39 is 30.1 Å². The predicted octanol–water partition coefficient (Wildman–Crippen LogP) is 5.50. The van der Waals surface area contributed by atoms with Gasteiger partial charge in [-0.05, 0) is 6.07 Å². The highest BCUT2D eigenvalue weighted by molar-refractivity contribution is 7.18. The molecule has 0 aliphatic rings. The molecule has 0 N–H and O–H groups in total. The normalized spacial score (nSPS) is 11.8. The fourth-order valence-electron chi connectivity index (χ4n) is 2.84. The molecule has 0 radical (unpaired) electrons. The summed E-state index contributed by atoms with van der Waals surface area (Å²) in [5.41, 5.74) is 0.925. The minimum Gasteiger partial charge on any atom is -0.244 e. The molecule has 2 aromatic heterocycles. The Morgan fingerprint density at radius 3 is 2.47 bits per heavy atom. The average Bonchev–Trinajstić information content (AvgIpc) is 3.30. The molecule has 2 aromatic carbocycles. The van der Waals surface area contributed by atoms with Gasteiger partial charge in [0.25, 0.3) is 0 Å². The molecule has 0 spiro atoms. The number of nitrogens with zero attached hydrogens (tertiary/aromatic N) is 4. The molecule has 0 aliphatic heterocycles. The summed E-state index contributed by atoms with van der Waals surface area (Å²) in [4.78, 5) is 8.82. The third-order valence-corrected chi connectivity index (χ3v) is 5.20. The molecule has 2 heterocycles. The van der Waals surface area contributed by atoms with Gasteiger partial charge < -0.3 is 0 Å². The summed E-state index contributed by atoms with van der Waals surface area (Å²) in [7, 11) is 0. The number of rotatable bonds is 5. The smallest absolute Gasteiger partial charge is 0.244 e. The molecule has 0 atom stereocenters.